The van der Waals surface area contributed by atoms with E-state index in [0.717, 1.165) is 18.2 Å². The fraction of sp³-hybridized carbons (Fsp3) is 0.423. The number of hydrogen-bond acceptors (Lipinski definition) is 7. The van der Waals surface area contributed by atoms with Crippen LogP contribution in [0, 0.1) is 0 Å². The van der Waals surface area contributed by atoms with E-state index in [-0.39, 0.29) is 24.4 Å². The van der Waals surface area contributed by atoms with Gasteiger partial charge in [0.25, 0.3) is 0 Å². The van der Waals surface area contributed by atoms with Crippen molar-refractivity contribution in [2.45, 2.75) is 37.7 Å². The lowest BCUT2D eigenvalue weighted by atomic mass is 10.0. The molecule has 4 rings (SSSR count). The minimum absolute atomic E-state index is 0.138. The van der Waals surface area contributed by atoms with E-state index in [2.05, 4.69) is 25.6 Å². The van der Waals surface area contributed by atoms with Gasteiger partial charge >= 0.3 is 12.4 Å². The first-order valence-corrected chi connectivity index (χ1v) is 12.3. The molecule has 0 saturated heterocycles. The smallest absolute Gasteiger partial charge is 0.357 e. The monoisotopic (exact) mass is 553 g/mol. The molecule has 7 nitrogen and oxygen atoms in total. The molecule has 13 heteroatoms. The van der Waals surface area contributed by atoms with Crippen molar-refractivity contribution in [1.29, 1.82) is 0 Å². The second-order valence-electron chi connectivity index (χ2n) is 9.54. The topological polar surface area (TPSA) is 69.2 Å². The first-order valence-electron chi connectivity index (χ1n) is 12.3. The molecule has 39 heavy (non-hydrogen) atoms. The van der Waals surface area contributed by atoms with Gasteiger partial charge in [-0.25, -0.2) is 9.97 Å². The highest BCUT2D eigenvalue weighted by Crippen LogP contribution is 2.38. The molecular formula is C26H29F6N7. The zero-order valence-electron chi connectivity index (χ0n) is 21.7. The lowest BCUT2D eigenvalue weighted by Crippen LogP contribution is -2.40. The highest BCUT2D eigenvalue weighted by atomic mass is 19.4. The summed E-state index contributed by atoms with van der Waals surface area (Å²) in [6.07, 6.45) is -6.51. The number of rotatable bonds is 7. The molecule has 1 aliphatic rings. The Morgan fingerprint density at radius 3 is 2.33 bits per heavy atom. The van der Waals surface area contributed by atoms with Crippen molar-refractivity contribution < 1.29 is 26.3 Å². The molecule has 0 spiro atoms. The second kappa shape index (κ2) is 11.2. The van der Waals surface area contributed by atoms with Gasteiger partial charge in [0.05, 0.1) is 16.8 Å². The summed E-state index contributed by atoms with van der Waals surface area (Å²) in [6.45, 7) is 0.848. The number of halogens is 6. The van der Waals surface area contributed by atoms with Crippen LogP contribution in [0.25, 0.3) is 0 Å². The van der Waals surface area contributed by atoms with E-state index in [1.165, 1.54) is 24.4 Å². The van der Waals surface area contributed by atoms with Crippen molar-refractivity contribution >= 4 is 23.3 Å². The number of nitrogens with zero attached hydrogens (tertiary/aromatic N) is 5. The summed E-state index contributed by atoms with van der Waals surface area (Å²) in [5, 5.41) is 5.98. The van der Waals surface area contributed by atoms with E-state index in [4.69, 9.17) is 0 Å². The van der Waals surface area contributed by atoms with Crippen LogP contribution in [0.1, 0.15) is 28.8 Å². The lowest BCUT2D eigenvalue weighted by Gasteiger charge is -2.33. The van der Waals surface area contributed by atoms with E-state index >= 15 is 0 Å². The Balaban J connectivity index is 1.73. The first-order chi connectivity index (χ1) is 18.4. The molecule has 0 amide bonds. The third kappa shape index (κ3) is 6.70. The maximum atomic E-state index is 13.9. The van der Waals surface area contributed by atoms with Crippen molar-refractivity contribution in [3.05, 3.63) is 65.0 Å². The number of hydrogen-bond donors (Lipinski definition) is 2. The Morgan fingerprint density at radius 1 is 1.00 bits per heavy atom. The average Bonchev–Trinajstić information content (AvgIpc) is 3.06. The van der Waals surface area contributed by atoms with Gasteiger partial charge in [-0.3, -0.25) is 0 Å². The average molecular weight is 554 g/mol. The molecule has 210 valence electrons. The SMILES string of the molecule is CNc1nc2c(c(Nc3ccc(C(F)(F)F)cc3)n1)CCN(c1ncccc1C(F)(F)F)C(CCN(C)C)C2. The van der Waals surface area contributed by atoms with Crippen LogP contribution in [0.5, 0.6) is 0 Å². The van der Waals surface area contributed by atoms with E-state index in [1.807, 2.05) is 19.0 Å². The lowest BCUT2D eigenvalue weighted by molar-refractivity contribution is -0.138. The molecule has 1 aromatic carbocycles. The molecule has 1 atom stereocenters. The number of pyridine rings is 1. The summed E-state index contributed by atoms with van der Waals surface area (Å²) in [5.41, 5.74) is 0.146. The van der Waals surface area contributed by atoms with E-state index in [0.29, 0.717) is 48.6 Å². The number of fused-ring (bicyclic) bond motifs is 1. The van der Waals surface area contributed by atoms with Crippen molar-refractivity contribution in [2.24, 2.45) is 0 Å². The van der Waals surface area contributed by atoms with Crippen LogP contribution in [0.15, 0.2) is 42.6 Å². The first kappa shape index (κ1) is 28.4. The maximum absolute atomic E-state index is 13.9. The highest BCUT2D eigenvalue weighted by molar-refractivity contribution is 5.63. The summed E-state index contributed by atoms with van der Waals surface area (Å²) < 4.78 is 80.8. The molecule has 0 radical (unpaired) electrons. The Hall–Kier alpha value is -3.61. The molecule has 2 aromatic heterocycles. The number of anilines is 4. The van der Waals surface area contributed by atoms with Crippen molar-refractivity contribution in [1.82, 2.24) is 19.9 Å². The Morgan fingerprint density at radius 2 is 1.72 bits per heavy atom. The van der Waals surface area contributed by atoms with E-state index in [9.17, 15) is 26.3 Å². The van der Waals surface area contributed by atoms with Gasteiger partial charge in [-0.15, -0.1) is 0 Å². The highest BCUT2D eigenvalue weighted by Gasteiger charge is 2.38. The normalized spacial score (nSPS) is 16.2. The van der Waals surface area contributed by atoms with Crippen molar-refractivity contribution in [2.75, 3.05) is 49.8 Å². The number of aromatic nitrogens is 3. The van der Waals surface area contributed by atoms with Gasteiger partial charge in [0.1, 0.15) is 11.6 Å². The molecule has 0 bridgehead atoms. The van der Waals surface area contributed by atoms with Gasteiger partial charge in [-0.1, -0.05) is 0 Å². The van der Waals surface area contributed by atoms with E-state index < -0.39 is 23.5 Å². The quantitative estimate of drug-likeness (QED) is 0.368. The van der Waals surface area contributed by atoms with Crippen LogP contribution in [-0.2, 0) is 25.2 Å². The molecule has 3 aromatic rings. The van der Waals surface area contributed by atoms with Crippen molar-refractivity contribution in [3.63, 3.8) is 0 Å². The maximum Gasteiger partial charge on any atom is 0.419 e. The largest absolute Gasteiger partial charge is 0.419 e. The zero-order valence-corrected chi connectivity index (χ0v) is 21.7. The van der Waals surface area contributed by atoms with Gasteiger partial charge in [0.2, 0.25) is 5.95 Å². The summed E-state index contributed by atoms with van der Waals surface area (Å²) in [5.74, 6) is 0.534. The van der Waals surface area contributed by atoms with Crippen LogP contribution in [0.2, 0.25) is 0 Å². The number of alkyl halides is 6. The third-order valence-corrected chi connectivity index (χ3v) is 6.54. The number of benzene rings is 1. The van der Waals surface area contributed by atoms with Crippen LogP contribution >= 0.6 is 0 Å². The van der Waals surface area contributed by atoms with Crippen LogP contribution in [-0.4, -0.2) is 60.1 Å². The molecule has 1 unspecified atom stereocenters. The molecule has 0 fully saturated rings. The van der Waals surface area contributed by atoms with Crippen LogP contribution in [0.3, 0.4) is 0 Å². The van der Waals surface area contributed by atoms with Crippen molar-refractivity contribution in [3.8, 4) is 0 Å². The Bertz CT molecular complexity index is 1280. The fourth-order valence-electron chi connectivity index (χ4n) is 4.60. The summed E-state index contributed by atoms with van der Waals surface area (Å²) in [7, 11) is 5.42. The fourth-order valence-corrected chi connectivity index (χ4v) is 4.60. The second-order valence-corrected chi connectivity index (χ2v) is 9.54. The molecule has 3 heterocycles. The summed E-state index contributed by atoms with van der Waals surface area (Å²) in [4.78, 5) is 16.9. The van der Waals surface area contributed by atoms with Gasteiger partial charge in [-0.2, -0.15) is 31.3 Å². The third-order valence-electron chi connectivity index (χ3n) is 6.54. The predicted octanol–water partition coefficient (Wildman–Crippen LogP) is 5.62. The van der Waals surface area contributed by atoms with Gasteiger partial charge in [0.15, 0.2) is 0 Å². The summed E-state index contributed by atoms with van der Waals surface area (Å²) in [6, 6.07) is 6.51. The molecular weight excluding hydrogens is 524 g/mol. The molecule has 1 aliphatic heterocycles. The van der Waals surface area contributed by atoms with Gasteiger partial charge in [0, 0.05) is 43.5 Å². The Labute approximate surface area is 222 Å². The summed E-state index contributed by atoms with van der Waals surface area (Å²) >= 11 is 0. The standard InChI is InChI=1S/C26H29F6N7/c1-33-24-36-21-15-18(10-13-38(2)3)39(23-20(26(30,31)32)5-4-12-34-23)14-11-19(21)22(37-24)35-17-8-6-16(7-9-17)25(27,28)29/h4-9,12,18H,10-11,13-15H2,1-3H3,(H2,33,35,36,37). The number of nitrogens with one attached hydrogen (secondary N) is 2. The van der Waals surface area contributed by atoms with Crippen LogP contribution in [0.4, 0.5) is 49.6 Å². The molecule has 0 saturated carbocycles. The zero-order chi connectivity index (χ0) is 28.4. The minimum atomic E-state index is -4.58. The molecule has 2 N–H and O–H groups in total. The van der Waals surface area contributed by atoms with Gasteiger partial charge < -0.3 is 20.4 Å². The minimum Gasteiger partial charge on any atom is -0.357 e. The van der Waals surface area contributed by atoms with Gasteiger partial charge in [-0.05, 0) is 69.9 Å². The predicted molar refractivity (Wildman–Crippen MR) is 137 cm³/mol. The van der Waals surface area contributed by atoms with Crippen LogP contribution < -0.4 is 15.5 Å². The van der Waals surface area contributed by atoms with E-state index in [1.54, 1.807) is 11.9 Å². The Kier molecular flexibility index (Phi) is 8.19. The molecule has 0 aliphatic carbocycles.